The van der Waals surface area contributed by atoms with Crippen molar-refractivity contribution in [3.8, 4) is 0 Å². The lowest BCUT2D eigenvalue weighted by molar-refractivity contribution is -0.141. The van der Waals surface area contributed by atoms with Crippen LogP contribution in [0, 0.1) is 5.92 Å². The van der Waals surface area contributed by atoms with Crippen molar-refractivity contribution in [3.63, 3.8) is 0 Å². The van der Waals surface area contributed by atoms with Gasteiger partial charge in [-0.2, -0.15) is 0 Å². The third-order valence-electron chi connectivity index (χ3n) is 4.89. The lowest BCUT2D eigenvalue weighted by Gasteiger charge is -2.30. The standard InChI is InChI=1S/C18H23BrN2O2/c19-14-8-4-9-15(12-14)20-17(22)16-10-5-11-21(16)18(23)13-6-2-1-3-7-13/h4,8-9,12-13,16H,1-3,5-7,10-11H2,(H,20,22). The molecule has 1 saturated heterocycles. The first-order valence-corrected chi connectivity index (χ1v) is 9.31. The average Bonchev–Trinajstić information content (AvgIpc) is 3.05. The summed E-state index contributed by atoms with van der Waals surface area (Å²) in [7, 11) is 0. The number of nitrogens with one attached hydrogen (secondary N) is 1. The maximum atomic E-state index is 12.8. The number of carbonyl (C=O) groups excluding carboxylic acids is 2. The summed E-state index contributed by atoms with van der Waals surface area (Å²) in [5.41, 5.74) is 0.765. The van der Waals surface area contributed by atoms with Gasteiger partial charge >= 0.3 is 0 Å². The van der Waals surface area contributed by atoms with E-state index in [1.54, 1.807) is 0 Å². The summed E-state index contributed by atoms with van der Waals surface area (Å²) in [6, 6.07) is 7.23. The van der Waals surface area contributed by atoms with Crippen LogP contribution in [0.4, 0.5) is 5.69 Å². The topological polar surface area (TPSA) is 49.4 Å². The third-order valence-corrected chi connectivity index (χ3v) is 5.38. The van der Waals surface area contributed by atoms with Crippen LogP contribution in [0.2, 0.25) is 0 Å². The molecule has 1 aromatic carbocycles. The number of halogens is 1. The fraction of sp³-hybridized carbons (Fsp3) is 0.556. The highest BCUT2D eigenvalue weighted by Crippen LogP contribution is 2.29. The second-order valence-corrected chi connectivity index (χ2v) is 7.44. The van der Waals surface area contributed by atoms with Crippen molar-refractivity contribution in [3.05, 3.63) is 28.7 Å². The summed E-state index contributed by atoms with van der Waals surface area (Å²) < 4.78 is 0.928. The van der Waals surface area contributed by atoms with Crippen LogP contribution in [0.25, 0.3) is 0 Å². The number of carbonyl (C=O) groups is 2. The minimum Gasteiger partial charge on any atom is -0.330 e. The van der Waals surface area contributed by atoms with Crippen molar-refractivity contribution in [1.82, 2.24) is 4.90 Å². The minimum absolute atomic E-state index is 0.0650. The minimum atomic E-state index is -0.316. The van der Waals surface area contributed by atoms with E-state index in [2.05, 4.69) is 21.2 Å². The van der Waals surface area contributed by atoms with Crippen molar-refractivity contribution in [2.24, 2.45) is 5.92 Å². The number of rotatable bonds is 3. The van der Waals surface area contributed by atoms with Crippen LogP contribution in [-0.4, -0.2) is 29.3 Å². The van der Waals surface area contributed by atoms with Crippen molar-refractivity contribution >= 4 is 33.4 Å². The van der Waals surface area contributed by atoms with E-state index >= 15 is 0 Å². The molecule has 1 unspecified atom stereocenters. The van der Waals surface area contributed by atoms with E-state index in [0.29, 0.717) is 6.54 Å². The van der Waals surface area contributed by atoms with Gasteiger partial charge in [0.2, 0.25) is 11.8 Å². The lowest BCUT2D eigenvalue weighted by Crippen LogP contribution is -2.46. The molecule has 1 N–H and O–H groups in total. The quantitative estimate of drug-likeness (QED) is 0.864. The molecular formula is C18H23BrN2O2. The van der Waals surface area contributed by atoms with E-state index in [1.807, 2.05) is 29.2 Å². The third kappa shape index (κ3) is 3.94. The van der Waals surface area contributed by atoms with Crippen molar-refractivity contribution in [2.45, 2.75) is 51.0 Å². The SMILES string of the molecule is O=C(Nc1cccc(Br)c1)C1CCCN1C(=O)C1CCCCC1. The highest BCUT2D eigenvalue weighted by Gasteiger charge is 2.37. The van der Waals surface area contributed by atoms with Crippen molar-refractivity contribution in [2.75, 3.05) is 11.9 Å². The van der Waals surface area contributed by atoms with Gasteiger partial charge in [-0.25, -0.2) is 0 Å². The van der Waals surface area contributed by atoms with Crippen LogP contribution < -0.4 is 5.32 Å². The van der Waals surface area contributed by atoms with E-state index < -0.39 is 0 Å². The molecule has 1 aromatic rings. The zero-order chi connectivity index (χ0) is 16.2. The number of hydrogen-bond donors (Lipinski definition) is 1. The van der Waals surface area contributed by atoms with Crippen LogP contribution in [0.15, 0.2) is 28.7 Å². The summed E-state index contributed by atoms with van der Waals surface area (Å²) in [5, 5.41) is 2.95. The fourth-order valence-electron chi connectivity index (χ4n) is 3.68. The van der Waals surface area contributed by atoms with Crippen LogP contribution in [0.5, 0.6) is 0 Å². The Labute approximate surface area is 145 Å². The van der Waals surface area contributed by atoms with Crippen molar-refractivity contribution < 1.29 is 9.59 Å². The predicted molar refractivity (Wildman–Crippen MR) is 94.1 cm³/mol. The molecule has 4 nitrogen and oxygen atoms in total. The van der Waals surface area contributed by atoms with E-state index in [0.717, 1.165) is 48.7 Å². The first-order chi connectivity index (χ1) is 11.1. The van der Waals surface area contributed by atoms with E-state index in [1.165, 1.54) is 6.42 Å². The van der Waals surface area contributed by atoms with Crippen LogP contribution in [-0.2, 0) is 9.59 Å². The van der Waals surface area contributed by atoms with Gasteiger partial charge in [0.15, 0.2) is 0 Å². The molecule has 0 bridgehead atoms. The van der Waals surface area contributed by atoms with Gasteiger partial charge in [0, 0.05) is 22.6 Å². The molecule has 3 rings (SSSR count). The molecule has 2 amide bonds. The molecule has 1 atom stereocenters. The van der Waals surface area contributed by atoms with Gasteiger partial charge < -0.3 is 10.2 Å². The van der Waals surface area contributed by atoms with Gasteiger partial charge in [-0.15, -0.1) is 0 Å². The number of anilines is 1. The van der Waals surface area contributed by atoms with E-state index in [4.69, 9.17) is 0 Å². The van der Waals surface area contributed by atoms with E-state index in [9.17, 15) is 9.59 Å². The summed E-state index contributed by atoms with van der Waals surface area (Å²) in [5.74, 6) is 0.254. The maximum Gasteiger partial charge on any atom is 0.247 e. The second kappa shape index (κ2) is 7.47. The number of likely N-dealkylation sites (tertiary alicyclic amines) is 1. The molecule has 1 saturated carbocycles. The second-order valence-electron chi connectivity index (χ2n) is 6.52. The van der Waals surface area contributed by atoms with Gasteiger partial charge in [0.1, 0.15) is 6.04 Å². The molecule has 2 aliphatic rings. The summed E-state index contributed by atoms with van der Waals surface area (Å²) in [6.45, 7) is 0.714. The van der Waals surface area contributed by atoms with Gasteiger partial charge in [-0.1, -0.05) is 41.3 Å². The monoisotopic (exact) mass is 378 g/mol. The molecule has 2 fully saturated rings. The predicted octanol–water partition coefficient (Wildman–Crippen LogP) is 3.96. The Balaban J connectivity index is 1.65. The molecule has 0 spiro atoms. The fourth-order valence-corrected chi connectivity index (χ4v) is 4.08. The number of benzene rings is 1. The molecule has 5 heteroatoms. The smallest absolute Gasteiger partial charge is 0.247 e. The molecule has 23 heavy (non-hydrogen) atoms. The Morgan fingerprint density at radius 1 is 1.09 bits per heavy atom. The zero-order valence-corrected chi connectivity index (χ0v) is 14.8. The Hall–Kier alpha value is -1.36. The first-order valence-electron chi connectivity index (χ1n) is 8.52. The maximum absolute atomic E-state index is 12.8. The average molecular weight is 379 g/mol. The normalized spacial score (nSPS) is 22.1. The van der Waals surface area contributed by atoms with Gasteiger partial charge in [0.05, 0.1) is 0 Å². The largest absolute Gasteiger partial charge is 0.330 e. The van der Waals surface area contributed by atoms with Crippen LogP contribution >= 0.6 is 15.9 Å². The summed E-state index contributed by atoms with van der Waals surface area (Å²) >= 11 is 3.41. The number of nitrogens with zero attached hydrogens (tertiary/aromatic N) is 1. The Bertz CT molecular complexity index is 584. The van der Waals surface area contributed by atoms with Gasteiger partial charge in [0.25, 0.3) is 0 Å². The number of amides is 2. The molecular weight excluding hydrogens is 356 g/mol. The summed E-state index contributed by atoms with van der Waals surface area (Å²) in [6.07, 6.45) is 7.15. The molecule has 0 aromatic heterocycles. The van der Waals surface area contributed by atoms with Gasteiger partial charge in [-0.3, -0.25) is 9.59 Å². The van der Waals surface area contributed by atoms with Crippen LogP contribution in [0.1, 0.15) is 44.9 Å². The molecule has 1 heterocycles. The highest BCUT2D eigenvalue weighted by atomic mass is 79.9. The molecule has 0 radical (unpaired) electrons. The highest BCUT2D eigenvalue weighted by molar-refractivity contribution is 9.10. The Morgan fingerprint density at radius 2 is 1.87 bits per heavy atom. The Morgan fingerprint density at radius 3 is 2.61 bits per heavy atom. The van der Waals surface area contributed by atoms with E-state index in [-0.39, 0.29) is 23.8 Å². The summed E-state index contributed by atoms with van der Waals surface area (Å²) in [4.78, 5) is 27.2. The molecule has 124 valence electrons. The first kappa shape index (κ1) is 16.5. The molecule has 1 aliphatic carbocycles. The van der Waals surface area contributed by atoms with Crippen LogP contribution in [0.3, 0.4) is 0 Å². The lowest BCUT2D eigenvalue weighted by atomic mass is 9.88. The Kier molecular flexibility index (Phi) is 5.36. The number of hydrogen-bond acceptors (Lipinski definition) is 2. The van der Waals surface area contributed by atoms with Crippen molar-refractivity contribution in [1.29, 1.82) is 0 Å². The zero-order valence-electron chi connectivity index (χ0n) is 13.3. The van der Waals surface area contributed by atoms with Gasteiger partial charge in [-0.05, 0) is 43.9 Å². The molecule has 1 aliphatic heterocycles.